The van der Waals surface area contributed by atoms with Crippen molar-refractivity contribution in [1.82, 2.24) is 15.5 Å². The summed E-state index contributed by atoms with van der Waals surface area (Å²) in [4.78, 5) is 23.3. The molecule has 0 aliphatic heterocycles. The van der Waals surface area contributed by atoms with Crippen LogP contribution in [0.15, 0.2) is 22.6 Å². The number of carboxylic acids is 1. The number of carbonyl (C=O) groups excluding carboxylic acids is 1. The monoisotopic (exact) mass is 319 g/mol. The van der Waals surface area contributed by atoms with E-state index >= 15 is 0 Å². The van der Waals surface area contributed by atoms with E-state index in [-0.39, 0.29) is 18.2 Å². The molecular weight excluding hydrogens is 298 g/mol. The molecule has 0 spiro atoms. The Hall–Kier alpha value is -2.57. The van der Waals surface area contributed by atoms with Gasteiger partial charge < -0.3 is 14.8 Å². The first-order valence-electron chi connectivity index (χ1n) is 7.50. The van der Waals surface area contributed by atoms with Gasteiger partial charge in [0, 0.05) is 12.6 Å². The number of nitrogens with one attached hydrogen (secondary N) is 2. The minimum atomic E-state index is -0.909. The minimum absolute atomic E-state index is 0.0778. The van der Waals surface area contributed by atoms with Crippen molar-refractivity contribution in [3.05, 3.63) is 29.7 Å². The first kappa shape index (κ1) is 16.8. The average molecular weight is 319 g/mol. The Morgan fingerprint density at radius 1 is 1.39 bits per heavy atom. The van der Waals surface area contributed by atoms with Crippen LogP contribution in [0, 0.1) is 18.8 Å². The summed E-state index contributed by atoms with van der Waals surface area (Å²) in [5, 5.41) is 18.5. The Morgan fingerprint density at radius 3 is 2.70 bits per heavy atom. The Morgan fingerprint density at radius 2 is 2.13 bits per heavy atom. The van der Waals surface area contributed by atoms with Crippen molar-refractivity contribution in [3.8, 4) is 11.5 Å². The highest BCUT2D eigenvalue weighted by Crippen LogP contribution is 2.20. The molecule has 2 aromatic heterocycles. The number of furan rings is 1. The van der Waals surface area contributed by atoms with Crippen molar-refractivity contribution in [2.75, 3.05) is 6.54 Å². The molecule has 23 heavy (non-hydrogen) atoms. The van der Waals surface area contributed by atoms with Crippen LogP contribution < -0.4 is 5.32 Å². The maximum atomic E-state index is 12.1. The third-order valence-corrected chi connectivity index (χ3v) is 3.43. The van der Waals surface area contributed by atoms with Crippen LogP contribution in [-0.2, 0) is 4.79 Å². The fraction of sp³-hybridized carbons (Fsp3) is 0.438. The van der Waals surface area contributed by atoms with Crippen LogP contribution in [0.3, 0.4) is 0 Å². The van der Waals surface area contributed by atoms with Crippen molar-refractivity contribution < 1.29 is 19.1 Å². The van der Waals surface area contributed by atoms with Crippen LogP contribution >= 0.6 is 0 Å². The minimum Gasteiger partial charge on any atom is -0.481 e. The molecule has 0 bridgehead atoms. The van der Waals surface area contributed by atoms with E-state index in [1.807, 2.05) is 26.8 Å². The molecule has 7 heteroatoms. The van der Waals surface area contributed by atoms with Crippen LogP contribution in [0.4, 0.5) is 0 Å². The van der Waals surface area contributed by atoms with E-state index in [2.05, 4.69) is 15.5 Å². The molecule has 0 aromatic carbocycles. The van der Waals surface area contributed by atoms with Gasteiger partial charge in [-0.1, -0.05) is 13.8 Å². The molecule has 0 aliphatic carbocycles. The molecule has 3 N–H and O–H groups in total. The van der Waals surface area contributed by atoms with Crippen LogP contribution in [0.25, 0.3) is 11.5 Å². The molecule has 1 unspecified atom stereocenters. The Balaban J connectivity index is 1.98. The fourth-order valence-corrected chi connectivity index (χ4v) is 2.29. The number of aromatic amines is 1. The molecular formula is C16H21N3O4. The summed E-state index contributed by atoms with van der Waals surface area (Å²) >= 11 is 0. The SMILES string of the molecule is Cc1ccc(-c2cc(C(=O)NCC(CC(C)C)C(=O)O)n[nH]2)o1. The van der Waals surface area contributed by atoms with E-state index in [9.17, 15) is 14.7 Å². The lowest BCUT2D eigenvalue weighted by Crippen LogP contribution is -2.33. The van der Waals surface area contributed by atoms with E-state index in [0.29, 0.717) is 17.9 Å². The topological polar surface area (TPSA) is 108 Å². The van der Waals surface area contributed by atoms with Gasteiger partial charge in [-0.05, 0) is 31.4 Å². The van der Waals surface area contributed by atoms with Crippen molar-refractivity contribution >= 4 is 11.9 Å². The number of H-pyrrole nitrogens is 1. The van der Waals surface area contributed by atoms with Gasteiger partial charge in [-0.2, -0.15) is 5.10 Å². The zero-order valence-electron chi connectivity index (χ0n) is 13.4. The number of carboxylic acid groups (broad SMARTS) is 1. The molecule has 0 aliphatic rings. The van der Waals surface area contributed by atoms with Crippen molar-refractivity contribution in [2.45, 2.75) is 27.2 Å². The summed E-state index contributed by atoms with van der Waals surface area (Å²) in [6.45, 7) is 5.80. The van der Waals surface area contributed by atoms with Crippen molar-refractivity contribution in [3.63, 3.8) is 0 Å². The van der Waals surface area contributed by atoms with Crippen LogP contribution in [0.5, 0.6) is 0 Å². The van der Waals surface area contributed by atoms with Gasteiger partial charge in [0.15, 0.2) is 11.5 Å². The Labute approximate surface area is 134 Å². The zero-order valence-corrected chi connectivity index (χ0v) is 13.4. The molecule has 1 atom stereocenters. The van der Waals surface area contributed by atoms with Crippen molar-refractivity contribution in [2.24, 2.45) is 11.8 Å². The number of rotatable bonds is 7. The maximum absolute atomic E-state index is 12.1. The number of hydrogen-bond donors (Lipinski definition) is 3. The number of amides is 1. The Kier molecular flexibility index (Phi) is 5.20. The number of aliphatic carboxylic acids is 1. The molecule has 124 valence electrons. The summed E-state index contributed by atoms with van der Waals surface area (Å²) < 4.78 is 5.46. The molecule has 0 saturated heterocycles. The quantitative estimate of drug-likeness (QED) is 0.726. The third-order valence-electron chi connectivity index (χ3n) is 3.43. The first-order valence-corrected chi connectivity index (χ1v) is 7.50. The second-order valence-corrected chi connectivity index (χ2v) is 5.95. The lowest BCUT2D eigenvalue weighted by Gasteiger charge is -2.14. The number of nitrogens with zero attached hydrogens (tertiary/aromatic N) is 1. The molecule has 0 radical (unpaired) electrons. The largest absolute Gasteiger partial charge is 0.481 e. The smallest absolute Gasteiger partial charge is 0.308 e. The summed E-state index contributed by atoms with van der Waals surface area (Å²) in [7, 11) is 0. The predicted octanol–water partition coefficient (Wildman–Crippen LogP) is 2.45. The molecule has 2 heterocycles. The molecule has 1 amide bonds. The molecule has 7 nitrogen and oxygen atoms in total. The van der Waals surface area contributed by atoms with Gasteiger partial charge in [0.25, 0.3) is 5.91 Å². The van der Waals surface area contributed by atoms with Crippen LogP contribution in [0.1, 0.15) is 36.5 Å². The van der Waals surface area contributed by atoms with Gasteiger partial charge in [-0.3, -0.25) is 14.7 Å². The Bertz CT molecular complexity index is 687. The summed E-state index contributed by atoms with van der Waals surface area (Å²) in [5.74, 6) is -0.327. The second-order valence-electron chi connectivity index (χ2n) is 5.95. The number of carbonyl (C=O) groups is 2. The molecule has 2 aromatic rings. The average Bonchev–Trinajstić information content (AvgIpc) is 3.11. The second kappa shape index (κ2) is 7.13. The van der Waals surface area contributed by atoms with Gasteiger partial charge in [0.1, 0.15) is 11.5 Å². The highest BCUT2D eigenvalue weighted by molar-refractivity contribution is 5.93. The van der Waals surface area contributed by atoms with Gasteiger partial charge >= 0.3 is 5.97 Å². The number of aryl methyl sites for hydroxylation is 1. The molecule has 0 saturated carbocycles. The van der Waals surface area contributed by atoms with Gasteiger partial charge in [-0.25, -0.2) is 0 Å². The third kappa shape index (κ3) is 4.45. The highest BCUT2D eigenvalue weighted by Gasteiger charge is 2.21. The van der Waals surface area contributed by atoms with Gasteiger partial charge in [0.2, 0.25) is 0 Å². The standard InChI is InChI=1S/C16H21N3O4/c1-9(2)6-11(16(21)22)8-17-15(20)13-7-12(18-19-13)14-5-4-10(3)23-14/h4-5,7,9,11H,6,8H2,1-3H3,(H,17,20)(H,18,19)(H,21,22). The summed E-state index contributed by atoms with van der Waals surface area (Å²) in [5.41, 5.74) is 0.794. The van der Waals surface area contributed by atoms with Crippen molar-refractivity contribution in [1.29, 1.82) is 0 Å². The van der Waals surface area contributed by atoms with E-state index in [4.69, 9.17) is 4.42 Å². The normalized spacial score (nSPS) is 12.3. The van der Waals surface area contributed by atoms with Crippen LogP contribution in [0.2, 0.25) is 0 Å². The maximum Gasteiger partial charge on any atom is 0.308 e. The molecule has 2 rings (SSSR count). The lowest BCUT2D eigenvalue weighted by atomic mass is 9.97. The van der Waals surface area contributed by atoms with Crippen LogP contribution in [-0.4, -0.2) is 33.7 Å². The molecule has 0 fully saturated rings. The van der Waals surface area contributed by atoms with E-state index in [1.165, 1.54) is 0 Å². The highest BCUT2D eigenvalue weighted by atomic mass is 16.4. The number of aromatic nitrogens is 2. The van der Waals surface area contributed by atoms with Gasteiger partial charge in [0.05, 0.1) is 5.92 Å². The first-order chi connectivity index (χ1) is 10.9. The number of hydrogen-bond acceptors (Lipinski definition) is 4. The van der Waals surface area contributed by atoms with E-state index < -0.39 is 17.8 Å². The fourth-order valence-electron chi connectivity index (χ4n) is 2.29. The summed E-state index contributed by atoms with van der Waals surface area (Å²) in [6.07, 6.45) is 0.507. The lowest BCUT2D eigenvalue weighted by molar-refractivity contribution is -0.142. The van der Waals surface area contributed by atoms with E-state index in [0.717, 1.165) is 5.76 Å². The van der Waals surface area contributed by atoms with E-state index in [1.54, 1.807) is 12.1 Å². The van der Waals surface area contributed by atoms with Gasteiger partial charge in [-0.15, -0.1) is 0 Å². The summed E-state index contributed by atoms with van der Waals surface area (Å²) in [6, 6.07) is 5.18. The zero-order chi connectivity index (χ0) is 17.0. The predicted molar refractivity (Wildman–Crippen MR) is 83.9 cm³/mol.